The van der Waals surface area contributed by atoms with Gasteiger partial charge in [-0.05, 0) is 30.7 Å². The van der Waals surface area contributed by atoms with Crippen LogP contribution in [0.2, 0.25) is 0 Å². The van der Waals surface area contributed by atoms with E-state index >= 15 is 0 Å². The first-order valence-corrected chi connectivity index (χ1v) is 7.82. The van der Waals surface area contributed by atoms with Crippen LogP contribution in [0.25, 0.3) is 11.0 Å². The van der Waals surface area contributed by atoms with Crippen molar-refractivity contribution in [3.05, 3.63) is 64.1 Å². The standard InChI is InChI=1S/C16H13BrClFN2/c1-10(18)16-20-14-8-12(19)6-7-15(14)21(16)9-11-4-2-3-5-13(11)17/h2-8,10H,9H2,1H3. The van der Waals surface area contributed by atoms with E-state index in [0.717, 1.165) is 21.4 Å². The molecule has 0 aliphatic rings. The number of nitrogens with zero attached hydrogens (tertiary/aromatic N) is 2. The van der Waals surface area contributed by atoms with Gasteiger partial charge in [0.2, 0.25) is 0 Å². The van der Waals surface area contributed by atoms with Crippen LogP contribution in [0.3, 0.4) is 0 Å². The van der Waals surface area contributed by atoms with E-state index in [4.69, 9.17) is 11.6 Å². The van der Waals surface area contributed by atoms with Crippen molar-refractivity contribution in [3.63, 3.8) is 0 Å². The number of rotatable bonds is 3. The molecule has 0 aliphatic heterocycles. The Balaban J connectivity index is 2.16. The minimum Gasteiger partial charge on any atom is -0.322 e. The summed E-state index contributed by atoms with van der Waals surface area (Å²) in [5, 5.41) is -0.247. The highest BCUT2D eigenvalue weighted by Crippen LogP contribution is 2.27. The molecule has 0 aliphatic carbocycles. The lowest BCUT2D eigenvalue weighted by atomic mass is 10.2. The molecular formula is C16H13BrClFN2. The van der Waals surface area contributed by atoms with Gasteiger partial charge in [-0.2, -0.15) is 0 Å². The summed E-state index contributed by atoms with van der Waals surface area (Å²) in [6.07, 6.45) is 0. The largest absolute Gasteiger partial charge is 0.322 e. The van der Waals surface area contributed by atoms with E-state index in [1.54, 1.807) is 6.07 Å². The molecule has 0 amide bonds. The molecule has 3 rings (SSSR count). The van der Waals surface area contributed by atoms with Crippen molar-refractivity contribution in [2.45, 2.75) is 18.8 Å². The van der Waals surface area contributed by atoms with Gasteiger partial charge in [-0.1, -0.05) is 34.1 Å². The molecule has 1 heterocycles. The van der Waals surface area contributed by atoms with E-state index < -0.39 is 0 Å². The van der Waals surface area contributed by atoms with Crippen LogP contribution < -0.4 is 0 Å². The fourth-order valence-corrected chi connectivity index (χ4v) is 2.97. The molecule has 0 bridgehead atoms. The average Bonchev–Trinajstić information content (AvgIpc) is 2.79. The highest BCUT2D eigenvalue weighted by molar-refractivity contribution is 9.10. The maximum atomic E-state index is 13.4. The van der Waals surface area contributed by atoms with Crippen LogP contribution in [0.4, 0.5) is 4.39 Å². The second-order valence-corrected chi connectivity index (χ2v) is 6.41. The third kappa shape index (κ3) is 2.83. The minimum absolute atomic E-state index is 0.247. The lowest BCUT2D eigenvalue weighted by Gasteiger charge is -2.12. The van der Waals surface area contributed by atoms with Crippen LogP contribution in [-0.4, -0.2) is 9.55 Å². The van der Waals surface area contributed by atoms with Gasteiger partial charge in [-0.25, -0.2) is 9.37 Å². The van der Waals surface area contributed by atoms with Gasteiger partial charge in [-0.3, -0.25) is 0 Å². The number of hydrogen-bond acceptors (Lipinski definition) is 1. The van der Waals surface area contributed by atoms with E-state index in [0.29, 0.717) is 12.1 Å². The van der Waals surface area contributed by atoms with Crippen LogP contribution in [-0.2, 0) is 6.54 Å². The summed E-state index contributed by atoms with van der Waals surface area (Å²) in [5.74, 6) is 0.454. The van der Waals surface area contributed by atoms with Gasteiger partial charge in [0.25, 0.3) is 0 Å². The molecule has 3 aromatic rings. The minimum atomic E-state index is -0.290. The molecule has 0 fully saturated rings. The zero-order chi connectivity index (χ0) is 15.0. The van der Waals surface area contributed by atoms with Gasteiger partial charge < -0.3 is 4.57 Å². The number of imidazole rings is 1. The molecule has 2 aromatic carbocycles. The summed E-state index contributed by atoms with van der Waals surface area (Å²) < 4.78 is 16.4. The quantitative estimate of drug-likeness (QED) is 0.575. The molecular weight excluding hydrogens is 355 g/mol. The third-order valence-electron chi connectivity index (χ3n) is 3.38. The van der Waals surface area contributed by atoms with Crippen LogP contribution in [0.1, 0.15) is 23.7 Å². The molecule has 0 radical (unpaired) electrons. The second-order valence-electron chi connectivity index (χ2n) is 4.90. The summed E-state index contributed by atoms with van der Waals surface area (Å²) in [7, 11) is 0. The van der Waals surface area contributed by atoms with Crippen molar-refractivity contribution < 1.29 is 4.39 Å². The number of aromatic nitrogens is 2. The molecule has 1 unspecified atom stereocenters. The van der Waals surface area contributed by atoms with Gasteiger partial charge >= 0.3 is 0 Å². The summed E-state index contributed by atoms with van der Waals surface area (Å²) in [6.45, 7) is 2.51. The van der Waals surface area contributed by atoms with E-state index in [-0.39, 0.29) is 11.2 Å². The van der Waals surface area contributed by atoms with Crippen LogP contribution in [0, 0.1) is 5.82 Å². The van der Waals surface area contributed by atoms with Crippen molar-refractivity contribution in [1.29, 1.82) is 0 Å². The molecule has 0 saturated carbocycles. The lowest BCUT2D eigenvalue weighted by molar-refractivity contribution is 0.629. The van der Waals surface area contributed by atoms with Gasteiger partial charge in [0.15, 0.2) is 0 Å². The first kappa shape index (κ1) is 14.5. The van der Waals surface area contributed by atoms with Crippen LogP contribution in [0.5, 0.6) is 0 Å². The van der Waals surface area contributed by atoms with E-state index in [1.165, 1.54) is 12.1 Å². The van der Waals surface area contributed by atoms with Crippen molar-refractivity contribution in [2.75, 3.05) is 0 Å². The number of fused-ring (bicyclic) bond motifs is 1. The zero-order valence-electron chi connectivity index (χ0n) is 11.4. The molecule has 108 valence electrons. The molecule has 1 aromatic heterocycles. The topological polar surface area (TPSA) is 17.8 Å². The fraction of sp³-hybridized carbons (Fsp3) is 0.188. The molecule has 0 N–H and O–H groups in total. The predicted octanol–water partition coefficient (Wildman–Crippen LogP) is 5.29. The van der Waals surface area contributed by atoms with Gasteiger partial charge in [-0.15, -0.1) is 11.6 Å². The summed E-state index contributed by atoms with van der Waals surface area (Å²) in [6, 6.07) is 12.6. The SMILES string of the molecule is CC(Cl)c1nc2cc(F)ccc2n1Cc1ccccc1Br. The first-order chi connectivity index (χ1) is 10.1. The van der Waals surface area contributed by atoms with E-state index in [1.807, 2.05) is 35.8 Å². The summed E-state index contributed by atoms with van der Waals surface area (Å²) in [5.41, 5.74) is 2.64. The van der Waals surface area contributed by atoms with E-state index in [9.17, 15) is 4.39 Å². The fourth-order valence-electron chi connectivity index (χ4n) is 2.39. The van der Waals surface area contributed by atoms with Crippen LogP contribution in [0.15, 0.2) is 46.9 Å². The zero-order valence-corrected chi connectivity index (χ0v) is 13.7. The Hall–Kier alpha value is -1.39. The summed E-state index contributed by atoms with van der Waals surface area (Å²) >= 11 is 9.79. The highest BCUT2D eigenvalue weighted by atomic mass is 79.9. The molecule has 1 atom stereocenters. The number of alkyl halides is 1. The molecule has 5 heteroatoms. The van der Waals surface area contributed by atoms with Crippen molar-refractivity contribution in [1.82, 2.24) is 9.55 Å². The van der Waals surface area contributed by atoms with Crippen molar-refractivity contribution in [2.24, 2.45) is 0 Å². The van der Waals surface area contributed by atoms with Crippen LogP contribution >= 0.6 is 27.5 Å². The Morgan fingerprint density at radius 1 is 1.29 bits per heavy atom. The predicted molar refractivity (Wildman–Crippen MR) is 87.2 cm³/mol. The van der Waals surface area contributed by atoms with Gasteiger partial charge in [0, 0.05) is 10.5 Å². The maximum Gasteiger partial charge on any atom is 0.128 e. The smallest absolute Gasteiger partial charge is 0.128 e. The Labute approximate surface area is 135 Å². The Bertz CT molecular complexity index is 798. The Kier molecular flexibility index (Phi) is 4.00. The maximum absolute atomic E-state index is 13.4. The normalized spacial score (nSPS) is 12.8. The average molecular weight is 368 g/mol. The molecule has 21 heavy (non-hydrogen) atoms. The lowest BCUT2D eigenvalue weighted by Crippen LogP contribution is -2.06. The summed E-state index contributed by atoms with van der Waals surface area (Å²) in [4.78, 5) is 4.47. The third-order valence-corrected chi connectivity index (χ3v) is 4.35. The Morgan fingerprint density at radius 2 is 2.05 bits per heavy atom. The second kappa shape index (κ2) is 5.78. The Morgan fingerprint density at radius 3 is 2.76 bits per heavy atom. The van der Waals surface area contributed by atoms with E-state index in [2.05, 4.69) is 20.9 Å². The number of hydrogen-bond donors (Lipinski definition) is 0. The number of benzene rings is 2. The van der Waals surface area contributed by atoms with Gasteiger partial charge in [0.05, 0.1) is 23.0 Å². The van der Waals surface area contributed by atoms with Crippen molar-refractivity contribution in [3.8, 4) is 0 Å². The molecule has 0 saturated heterocycles. The van der Waals surface area contributed by atoms with Crippen molar-refractivity contribution >= 4 is 38.6 Å². The molecule has 0 spiro atoms. The van der Waals surface area contributed by atoms with Gasteiger partial charge in [0.1, 0.15) is 11.6 Å². The first-order valence-electron chi connectivity index (χ1n) is 6.59. The number of halogens is 3. The molecule has 2 nitrogen and oxygen atoms in total. The highest BCUT2D eigenvalue weighted by Gasteiger charge is 2.16. The monoisotopic (exact) mass is 366 g/mol.